The van der Waals surface area contributed by atoms with Crippen molar-refractivity contribution in [3.05, 3.63) is 70.3 Å². The van der Waals surface area contributed by atoms with E-state index in [1.165, 1.54) is 26.2 Å². The summed E-state index contributed by atoms with van der Waals surface area (Å²) >= 11 is 0. The third-order valence-corrected chi connectivity index (χ3v) is 4.39. The van der Waals surface area contributed by atoms with Gasteiger partial charge in [-0.25, -0.2) is 5.43 Å². The van der Waals surface area contributed by atoms with Gasteiger partial charge in [0.15, 0.2) is 5.75 Å². The van der Waals surface area contributed by atoms with E-state index in [-0.39, 0.29) is 23.6 Å². The van der Waals surface area contributed by atoms with Crippen LogP contribution < -0.4 is 20.2 Å². The number of carbonyl (C=O) groups excluding carboxylic acids is 2. The Morgan fingerprint density at radius 3 is 2.59 bits per heavy atom. The smallest absolute Gasteiger partial charge is 0.323 e. The molecule has 0 aromatic heterocycles. The van der Waals surface area contributed by atoms with Gasteiger partial charge in [0.1, 0.15) is 0 Å². The third kappa shape index (κ3) is 5.17. The van der Waals surface area contributed by atoms with Crippen molar-refractivity contribution in [1.29, 1.82) is 0 Å². The zero-order chi connectivity index (χ0) is 23.1. The van der Waals surface area contributed by atoms with Gasteiger partial charge in [-0.1, -0.05) is 36.4 Å². The topological polar surface area (TPSA) is 132 Å². The lowest BCUT2D eigenvalue weighted by atomic mass is 10.1. The second kappa shape index (κ2) is 10.0. The molecule has 0 unspecified atom stereocenters. The van der Waals surface area contributed by atoms with Crippen molar-refractivity contribution in [1.82, 2.24) is 5.43 Å². The fraction of sp³-hybridized carbons (Fsp3) is 0.136. The van der Waals surface area contributed by atoms with Crippen LogP contribution in [0.4, 0.5) is 11.4 Å². The van der Waals surface area contributed by atoms with Gasteiger partial charge in [0.25, 0.3) is 5.91 Å². The average Bonchev–Trinajstić information content (AvgIpc) is 2.77. The normalized spacial score (nSPS) is 10.7. The molecule has 0 heterocycles. The number of amides is 1. The Morgan fingerprint density at radius 1 is 1.12 bits per heavy atom. The number of methoxy groups -OCH3 is 1. The van der Waals surface area contributed by atoms with E-state index in [4.69, 9.17) is 9.47 Å². The first-order valence-electron chi connectivity index (χ1n) is 9.48. The third-order valence-electron chi connectivity index (χ3n) is 4.39. The van der Waals surface area contributed by atoms with Gasteiger partial charge in [-0.2, -0.15) is 5.10 Å². The number of anilines is 1. The van der Waals surface area contributed by atoms with Crippen molar-refractivity contribution in [3.63, 3.8) is 0 Å². The quantitative estimate of drug-likeness (QED) is 0.182. The molecule has 0 aliphatic rings. The summed E-state index contributed by atoms with van der Waals surface area (Å²) in [5.74, 6) is -1.41. The Kier molecular flexibility index (Phi) is 6.96. The predicted molar refractivity (Wildman–Crippen MR) is 119 cm³/mol. The Morgan fingerprint density at radius 2 is 1.88 bits per heavy atom. The molecular weight excluding hydrogens is 416 g/mol. The van der Waals surface area contributed by atoms with Gasteiger partial charge in [0.2, 0.25) is 5.75 Å². The molecule has 3 rings (SSSR count). The summed E-state index contributed by atoms with van der Waals surface area (Å²) in [6.07, 6.45) is 1.12. The maximum absolute atomic E-state index is 12.2. The molecule has 164 valence electrons. The zero-order valence-electron chi connectivity index (χ0n) is 17.3. The van der Waals surface area contributed by atoms with Crippen molar-refractivity contribution in [2.75, 3.05) is 19.0 Å². The summed E-state index contributed by atoms with van der Waals surface area (Å²) in [6, 6.07) is 16.1. The number of hydrogen-bond acceptors (Lipinski definition) is 8. The molecule has 3 aromatic carbocycles. The van der Waals surface area contributed by atoms with Crippen LogP contribution in [-0.2, 0) is 9.59 Å². The first kappa shape index (κ1) is 22.2. The first-order valence-corrected chi connectivity index (χ1v) is 9.48. The highest BCUT2D eigenvalue weighted by molar-refractivity contribution is 5.95. The van der Waals surface area contributed by atoms with Gasteiger partial charge in [-0.15, -0.1) is 0 Å². The first-order chi connectivity index (χ1) is 15.4. The van der Waals surface area contributed by atoms with Gasteiger partial charge < -0.3 is 14.8 Å². The monoisotopic (exact) mass is 436 g/mol. The van der Waals surface area contributed by atoms with E-state index in [0.717, 1.165) is 22.7 Å². The number of rotatable bonds is 8. The predicted octanol–water partition coefficient (Wildman–Crippen LogP) is 3.24. The van der Waals surface area contributed by atoms with Gasteiger partial charge in [-0.05, 0) is 23.6 Å². The minimum Gasteiger partial charge on any atom is -0.488 e. The van der Waals surface area contributed by atoms with E-state index < -0.39 is 22.5 Å². The van der Waals surface area contributed by atoms with Gasteiger partial charge in [-0.3, -0.25) is 19.7 Å². The molecule has 10 nitrogen and oxygen atoms in total. The van der Waals surface area contributed by atoms with Crippen LogP contribution in [0.25, 0.3) is 10.8 Å². The summed E-state index contributed by atoms with van der Waals surface area (Å²) in [5, 5.41) is 20.4. The number of benzene rings is 3. The summed E-state index contributed by atoms with van der Waals surface area (Å²) in [7, 11) is 1.22. The van der Waals surface area contributed by atoms with E-state index >= 15 is 0 Å². The molecule has 0 bridgehead atoms. The molecule has 0 spiro atoms. The van der Waals surface area contributed by atoms with Crippen molar-refractivity contribution in [2.24, 2.45) is 5.10 Å². The maximum Gasteiger partial charge on any atom is 0.323 e. The number of ether oxygens (including phenoxy) is 2. The number of esters is 1. The standard InChI is InChI=1S/C22H20N4O6/c1-14(27)32-19-11-10-16(21(26(29)30)22(19)31-2)12-24-25-20(28)13-23-18-9-5-7-15-6-3-4-8-17(15)18/h3-12,23H,13H2,1-2H3,(H,25,28)/b24-12-. The molecule has 32 heavy (non-hydrogen) atoms. The van der Waals surface area contributed by atoms with E-state index in [9.17, 15) is 19.7 Å². The van der Waals surface area contributed by atoms with Gasteiger partial charge in [0.05, 0.1) is 30.4 Å². The molecule has 0 saturated heterocycles. The second-order valence-electron chi connectivity index (χ2n) is 6.56. The van der Waals surface area contributed by atoms with Crippen LogP contribution in [-0.4, -0.2) is 36.7 Å². The van der Waals surface area contributed by atoms with Crippen LogP contribution in [0, 0.1) is 10.1 Å². The summed E-state index contributed by atoms with van der Waals surface area (Å²) in [5.41, 5.74) is 2.73. The van der Waals surface area contributed by atoms with E-state index in [0.29, 0.717) is 0 Å². The van der Waals surface area contributed by atoms with Gasteiger partial charge >= 0.3 is 11.7 Å². The van der Waals surface area contributed by atoms with Crippen LogP contribution >= 0.6 is 0 Å². The fourth-order valence-corrected chi connectivity index (χ4v) is 3.06. The Hall–Kier alpha value is -4.47. The van der Waals surface area contributed by atoms with Crippen LogP contribution in [0.2, 0.25) is 0 Å². The van der Waals surface area contributed by atoms with Crippen LogP contribution in [0.5, 0.6) is 11.5 Å². The molecule has 0 fully saturated rings. The lowest BCUT2D eigenvalue weighted by Crippen LogP contribution is -2.26. The van der Waals surface area contributed by atoms with Crippen molar-refractivity contribution < 1.29 is 24.0 Å². The summed E-state index contributed by atoms with van der Waals surface area (Å²) in [4.78, 5) is 34.2. The number of nitro groups is 1. The number of nitrogens with zero attached hydrogens (tertiary/aromatic N) is 2. The molecule has 3 aromatic rings. The SMILES string of the molecule is COc1c(OC(C)=O)ccc(/C=N\NC(=O)CNc2cccc3ccccc23)c1[N+](=O)[O-]. The summed E-state index contributed by atoms with van der Waals surface area (Å²) in [6.45, 7) is 1.12. The zero-order valence-corrected chi connectivity index (χ0v) is 17.3. The average molecular weight is 436 g/mol. The highest BCUT2D eigenvalue weighted by Gasteiger charge is 2.25. The Labute approximate surface area is 183 Å². The number of fused-ring (bicyclic) bond motifs is 1. The molecule has 0 aliphatic heterocycles. The summed E-state index contributed by atoms with van der Waals surface area (Å²) < 4.78 is 9.99. The Balaban J connectivity index is 1.70. The largest absolute Gasteiger partial charge is 0.488 e. The van der Waals surface area contributed by atoms with E-state index in [2.05, 4.69) is 15.8 Å². The number of hydrogen-bond donors (Lipinski definition) is 2. The number of nitrogens with one attached hydrogen (secondary N) is 2. The lowest BCUT2D eigenvalue weighted by molar-refractivity contribution is -0.385. The van der Waals surface area contributed by atoms with Crippen molar-refractivity contribution in [2.45, 2.75) is 6.92 Å². The van der Waals surface area contributed by atoms with Crippen LogP contribution in [0.3, 0.4) is 0 Å². The fourth-order valence-electron chi connectivity index (χ4n) is 3.06. The van der Waals surface area contributed by atoms with Crippen LogP contribution in [0.1, 0.15) is 12.5 Å². The maximum atomic E-state index is 12.2. The molecule has 0 radical (unpaired) electrons. The lowest BCUT2D eigenvalue weighted by Gasteiger charge is -2.10. The molecule has 2 N–H and O–H groups in total. The van der Waals surface area contributed by atoms with Crippen molar-refractivity contribution >= 4 is 40.2 Å². The highest BCUT2D eigenvalue weighted by atomic mass is 16.6. The van der Waals surface area contributed by atoms with Crippen LogP contribution in [0.15, 0.2) is 59.7 Å². The molecule has 0 atom stereocenters. The second-order valence-corrected chi connectivity index (χ2v) is 6.56. The Bertz CT molecular complexity index is 1200. The molecule has 0 aliphatic carbocycles. The minimum atomic E-state index is -0.683. The molecular formula is C22H20N4O6. The number of hydrazone groups is 1. The molecule has 1 amide bonds. The molecule has 0 saturated carbocycles. The van der Waals surface area contributed by atoms with Crippen molar-refractivity contribution in [3.8, 4) is 11.5 Å². The van der Waals surface area contributed by atoms with E-state index in [1.807, 2.05) is 42.5 Å². The van der Waals surface area contributed by atoms with Gasteiger partial charge in [0, 0.05) is 18.0 Å². The minimum absolute atomic E-state index is 0.0534. The molecule has 10 heteroatoms. The highest BCUT2D eigenvalue weighted by Crippen LogP contribution is 2.39. The number of nitro benzene ring substituents is 1. The van der Waals surface area contributed by atoms with E-state index in [1.54, 1.807) is 0 Å². The number of carbonyl (C=O) groups is 2.